The van der Waals surface area contributed by atoms with Gasteiger partial charge in [0.1, 0.15) is 0 Å². The van der Waals surface area contributed by atoms with Crippen molar-refractivity contribution in [2.45, 2.75) is 32.0 Å². The first-order valence-corrected chi connectivity index (χ1v) is 7.95. The fourth-order valence-corrected chi connectivity index (χ4v) is 3.98. The smallest absolute Gasteiger partial charge is 0.223 e. The zero-order chi connectivity index (χ0) is 15.3. The summed E-state index contributed by atoms with van der Waals surface area (Å²) in [6, 6.07) is 8.05. The lowest BCUT2D eigenvalue weighted by Crippen LogP contribution is -2.37. The lowest BCUT2D eigenvalue weighted by Gasteiger charge is -2.35. The highest BCUT2D eigenvalue weighted by molar-refractivity contribution is 6.31. The van der Waals surface area contributed by atoms with Crippen molar-refractivity contribution < 1.29 is 5.11 Å². The van der Waals surface area contributed by atoms with E-state index in [1.165, 1.54) is 11.1 Å². The predicted octanol–water partition coefficient (Wildman–Crippen LogP) is 2.71. The van der Waals surface area contributed by atoms with E-state index in [-0.39, 0.29) is 11.2 Å². The van der Waals surface area contributed by atoms with Gasteiger partial charge in [0.15, 0.2) is 5.75 Å². The third kappa shape index (κ3) is 2.14. The number of pyridine rings is 1. The molecule has 4 nitrogen and oxygen atoms in total. The van der Waals surface area contributed by atoms with E-state index < -0.39 is 0 Å². The summed E-state index contributed by atoms with van der Waals surface area (Å²) in [5.74, 6) is -0.171. The first-order chi connectivity index (χ1) is 10.6. The van der Waals surface area contributed by atoms with Gasteiger partial charge in [0.05, 0.1) is 6.20 Å². The minimum atomic E-state index is -0.303. The third-order valence-corrected chi connectivity index (χ3v) is 5.17. The lowest BCUT2D eigenvalue weighted by atomic mass is 10.1. The van der Waals surface area contributed by atoms with E-state index in [9.17, 15) is 9.90 Å². The van der Waals surface area contributed by atoms with Crippen molar-refractivity contribution in [3.05, 3.63) is 62.5 Å². The fraction of sp³-hybridized carbons (Fsp3) is 0.353. The fourth-order valence-electron chi connectivity index (χ4n) is 3.70. The Morgan fingerprint density at radius 2 is 2.14 bits per heavy atom. The SMILES string of the molecule is O=c1cc2n(cc1O)CCN(C1CCc3c(Cl)cccc31)C2. The van der Waals surface area contributed by atoms with Gasteiger partial charge in [0, 0.05) is 42.5 Å². The lowest BCUT2D eigenvalue weighted by molar-refractivity contribution is 0.153. The summed E-state index contributed by atoms with van der Waals surface area (Å²) in [4.78, 5) is 14.1. The molecule has 1 aromatic heterocycles. The highest BCUT2D eigenvalue weighted by Gasteiger charge is 2.31. The highest BCUT2D eigenvalue weighted by atomic mass is 35.5. The van der Waals surface area contributed by atoms with Crippen molar-refractivity contribution >= 4 is 11.6 Å². The Kier molecular flexibility index (Phi) is 3.24. The molecule has 5 heteroatoms. The molecule has 1 aliphatic heterocycles. The number of rotatable bonds is 1. The molecule has 2 aromatic rings. The number of halogens is 1. The molecule has 0 amide bonds. The first kappa shape index (κ1) is 13.9. The van der Waals surface area contributed by atoms with Crippen molar-refractivity contribution in [3.63, 3.8) is 0 Å². The van der Waals surface area contributed by atoms with Gasteiger partial charge in [-0.3, -0.25) is 9.69 Å². The number of nitrogens with zero attached hydrogens (tertiary/aromatic N) is 2. The van der Waals surface area contributed by atoms with Crippen LogP contribution in [-0.4, -0.2) is 21.1 Å². The van der Waals surface area contributed by atoms with Crippen LogP contribution in [0.1, 0.15) is 29.3 Å². The summed E-state index contributed by atoms with van der Waals surface area (Å²) in [7, 11) is 0. The quantitative estimate of drug-likeness (QED) is 0.880. The molecule has 0 saturated carbocycles. The molecule has 2 aliphatic rings. The van der Waals surface area contributed by atoms with Gasteiger partial charge in [0.25, 0.3) is 0 Å². The van der Waals surface area contributed by atoms with Gasteiger partial charge in [-0.1, -0.05) is 23.7 Å². The van der Waals surface area contributed by atoms with E-state index in [2.05, 4.69) is 11.0 Å². The summed E-state index contributed by atoms with van der Waals surface area (Å²) < 4.78 is 1.97. The van der Waals surface area contributed by atoms with Crippen molar-refractivity contribution in [2.24, 2.45) is 0 Å². The summed E-state index contributed by atoms with van der Waals surface area (Å²) in [5.41, 5.74) is 3.25. The largest absolute Gasteiger partial charge is 0.503 e. The summed E-state index contributed by atoms with van der Waals surface area (Å²) in [6.07, 6.45) is 3.63. The molecule has 22 heavy (non-hydrogen) atoms. The summed E-state index contributed by atoms with van der Waals surface area (Å²) in [5, 5.41) is 10.4. The van der Waals surface area contributed by atoms with Gasteiger partial charge in [0.2, 0.25) is 5.43 Å². The van der Waals surface area contributed by atoms with E-state index in [0.717, 1.165) is 43.2 Å². The molecule has 1 atom stereocenters. The van der Waals surface area contributed by atoms with Crippen LogP contribution in [0.3, 0.4) is 0 Å². The van der Waals surface area contributed by atoms with Crippen LogP contribution in [-0.2, 0) is 19.5 Å². The van der Waals surface area contributed by atoms with Gasteiger partial charge in [-0.15, -0.1) is 0 Å². The standard InChI is InChI=1S/C17H17ClN2O2/c18-14-3-1-2-13-12(14)4-5-15(13)20-7-6-19-10-17(22)16(21)8-11(19)9-20/h1-3,8,10,15,22H,4-7,9H2. The van der Waals surface area contributed by atoms with Crippen LogP contribution in [0.4, 0.5) is 0 Å². The normalized spacial score (nSPS) is 20.7. The molecule has 0 bridgehead atoms. The number of fused-ring (bicyclic) bond motifs is 2. The second-order valence-corrected chi connectivity index (χ2v) is 6.45. The zero-order valence-electron chi connectivity index (χ0n) is 12.1. The number of aromatic nitrogens is 1. The number of hydrogen-bond donors (Lipinski definition) is 1. The van der Waals surface area contributed by atoms with Crippen molar-refractivity contribution in [3.8, 4) is 5.75 Å². The van der Waals surface area contributed by atoms with Crippen LogP contribution in [0.25, 0.3) is 0 Å². The highest BCUT2D eigenvalue weighted by Crippen LogP contribution is 2.40. The van der Waals surface area contributed by atoms with E-state index in [0.29, 0.717) is 6.04 Å². The molecule has 0 fully saturated rings. The van der Waals surface area contributed by atoms with Gasteiger partial charge < -0.3 is 9.67 Å². The Labute approximate surface area is 133 Å². The van der Waals surface area contributed by atoms with E-state index >= 15 is 0 Å². The Morgan fingerprint density at radius 3 is 3.00 bits per heavy atom. The maximum atomic E-state index is 11.7. The molecule has 2 heterocycles. The monoisotopic (exact) mass is 316 g/mol. The molecule has 114 valence electrons. The number of hydrogen-bond acceptors (Lipinski definition) is 3. The zero-order valence-corrected chi connectivity index (χ0v) is 12.9. The van der Waals surface area contributed by atoms with Crippen LogP contribution >= 0.6 is 11.6 Å². The number of aromatic hydroxyl groups is 1. The van der Waals surface area contributed by atoms with Gasteiger partial charge in [-0.25, -0.2) is 0 Å². The Bertz CT molecular complexity index is 800. The Hall–Kier alpha value is -1.78. The molecule has 1 aromatic carbocycles. The van der Waals surface area contributed by atoms with Crippen molar-refractivity contribution in [1.29, 1.82) is 0 Å². The molecular formula is C17H17ClN2O2. The van der Waals surface area contributed by atoms with Gasteiger partial charge in [-0.2, -0.15) is 0 Å². The molecule has 1 N–H and O–H groups in total. The maximum Gasteiger partial charge on any atom is 0.223 e. The van der Waals surface area contributed by atoms with Crippen LogP contribution < -0.4 is 5.43 Å². The van der Waals surface area contributed by atoms with E-state index in [1.807, 2.05) is 16.7 Å². The minimum absolute atomic E-state index is 0.171. The Morgan fingerprint density at radius 1 is 1.27 bits per heavy atom. The van der Waals surface area contributed by atoms with E-state index in [4.69, 9.17) is 11.6 Å². The third-order valence-electron chi connectivity index (χ3n) is 4.81. The second kappa shape index (κ2) is 5.14. The second-order valence-electron chi connectivity index (χ2n) is 6.04. The van der Waals surface area contributed by atoms with Crippen LogP contribution in [0.15, 0.2) is 35.3 Å². The molecule has 0 saturated heterocycles. The van der Waals surface area contributed by atoms with Crippen molar-refractivity contribution in [1.82, 2.24) is 9.47 Å². The average Bonchev–Trinajstić information content (AvgIpc) is 2.93. The Balaban J connectivity index is 1.66. The number of benzene rings is 1. The molecular weight excluding hydrogens is 300 g/mol. The molecule has 0 spiro atoms. The van der Waals surface area contributed by atoms with Gasteiger partial charge in [-0.05, 0) is 30.0 Å². The molecule has 0 radical (unpaired) electrons. The maximum absolute atomic E-state index is 11.7. The first-order valence-electron chi connectivity index (χ1n) is 7.57. The molecule has 1 unspecified atom stereocenters. The molecule has 1 aliphatic carbocycles. The summed E-state index contributed by atoms with van der Waals surface area (Å²) >= 11 is 6.30. The van der Waals surface area contributed by atoms with Crippen LogP contribution in [0, 0.1) is 0 Å². The predicted molar refractivity (Wildman–Crippen MR) is 85.3 cm³/mol. The molecule has 4 rings (SSSR count). The van der Waals surface area contributed by atoms with E-state index in [1.54, 1.807) is 12.3 Å². The van der Waals surface area contributed by atoms with Crippen LogP contribution in [0.2, 0.25) is 5.02 Å². The minimum Gasteiger partial charge on any atom is -0.503 e. The summed E-state index contributed by atoms with van der Waals surface area (Å²) in [6.45, 7) is 2.42. The van der Waals surface area contributed by atoms with Gasteiger partial charge >= 0.3 is 0 Å². The van der Waals surface area contributed by atoms with Crippen LogP contribution in [0.5, 0.6) is 5.75 Å². The topological polar surface area (TPSA) is 45.5 Å². The van der Waals surface area contributed by atoms with Crippen molar-refractivity contribution in [2.75, 3.05) is 6.54 Å². The average molecular weight is 317 g/mol.